The molecule has 1 amide bonds. The minimum atomic E-state index is -0.373. The van der Waals surface area contributed by atoms with Gasteiger partial charge in [-0.1, -0.05) is 0 Å². The predicted molar refractivity (Wildman–Crippen MR) is 71.1 cm³/mol. The second kappa shape index (κ2) is 5.09. The Balaban J connectivity index is 2.19. The number of nitrogens with two attached hydrogens (primary N) is 1. The van der Waals surface area contributed by atoms with Crippen LogP contribution in [-0.2, 0) is 0 Å². The van der Waals surface area contributed by atoms with Crippen LogP contribution in [0.3, 0.4) is 0 Å². The number of nitrogen functional groups attached to an aromatic ring is 1. The second-order valence-corrected chi connectivity index (χ2v) is 4.48. The molecule has 6 nitrogen and oxygen atoms in total. The number of aromatic nitrogens is 3. The first kappa shape index (κ1) is 12.4. The highest BCUT2D eigenvalue weighted by Gasteiger charge is 2.10. The lowest BCUT2D eigenvalue weighted by Gasteiger charge is -2.05. The van der Waals surface area contributed by atoms with Gasteiger partial charge in [-0.15, -0.1) is 0 Å². The molecule has 3 N–H and O–H groups in total. The molecule has 92 valence electrons. The molecule has 0 radical (unpaired) electrons. The van der Waals surface area contributed by atoms with E-state index in [1.54, 1.807) is 31.3 Å². The van der Waals surface area contributed by atoms with Gasteiger partial charge in [-0.25, -0.2) is 15.0 Å². The summed E-state index contributed by atoms with van der Waals surface area (Å²) in [5, 5.41) is 2.62. The van der Waals surface area contributed by atoms with Gasteiger partial charge in [-0.3, -0.25) is 4.79 Å². The normalized spacial score (nSPS) is 10.1. The summed E-state index contributed by atoms with van der Waals surface area (Å²) in [6.07, 6.45) is 1.59. The maximum absolute atomic E-state index is 11.9. The lowest BCUT2D eigenvalue weighted by atomic mass is 10.3. The highest BCUT2D eigenvalue weighted by molar-refractivity contribution is 9.10. The first-order valence-electron chi connectivity index (χ1n) is 5.08. The number of hydrogen-bond acceptors (Lipinski definition) is 5. The minimum absolute atomic E-state index is 0.0731. The van der Waals surface area contributed by atoms with Gasteiger partial charge in [0.25, 0.3) is 5.91 Å². The van der Waals surface area contributed by atoms with E-state index in [2.05, 4.69) is 36.2 Å². The number of pyridine rings is 1. The Bertz CT molecular complexity index is 564. The third-order valence-corrected chi connectivity index (χ3v) is 2.54. The van der Waals surface area contributed by atoms with Crippen molar-refractivity contribution in [2.45, 2.75) is 6.92 Å². The summed E-state index contributed by atoms with van der Waals surface area (Å²) in [4.78, 5) is 23.7. The molecule has 7 heteroatoms. The van der Waals surface area contributed by atoms with E-state index in [0.717, 1.165) is 4.47 Å². The Kier molecular flexibility index (Phi) is 3.52. The van der Waals surface area contributed by atoms with Crippen molar-refractivity contribution in [1.29, 1.82) is 0 Å². The zero-order valence-electron chi connectivity index (χ0n) is 9.51. The number of nitrogens with one attached hydrogen (secondary N) is 1. The highest BCUT2D eigenvalue weighted by atomic mass is 79.9. The molecule has 0 bridgehead atoms. The Morgan fingerprint density at radius 1 is 1.39 bits per heavy atom. The van der Waals surface area contributed by atoms with Crippen LogP contribution in [0.4, 0.5) is 11.8 Å². The molecule has 0 saturated heterocycles. The molecule has 0 fully saturated rings. The maximum atomic E-state index is 11.9. The van der Waals surface area contributed by atoms with Crippen molar-refractivity contribution in [2.24, 2.45) is 0 Å². The van der Waals surface area contributed by atoms with Crippen molar-refractivity contribution in [1.82, 2.24) is 15.0 Å². The third kappa shape index (κ3) is 3.01. The van der Waals surface area contributed by atoms with Crippen molar-refractivity contribution in [2.75, 3.05) is 11.1 Å². The number of aryl methyl sites for hydroxylation is 1. The zero-order valence-corrected chi connectivity index (χ0v) is 11.1. The van der Waals surface area contributed by atoms with Crippen LogP contribution in [0.1, 0.15) is 16.2 Å². The lowest BCUT2D eigenvalue weighted by Crippen LogP contribution is -2.16. The number of anilines is 2. The van der Waals surface area contributed by atoms with E-state index >= 15 is 0 Å². The standard InChI is InChI=1S/C11H10BrN5O/c1-6-4-8(16-11(13)15-6)10(18)17-9-3-2-7(12)5-14-9/h2-5H,1H3,(H2,13,15,16)(H,14,17,18). The lowest BCUT2D eigenvalue weighted by molar-refractivity contribution is 0.102. The third-order valence-electron chi connectivity index (χ3n) is 2.07. The summed E-state index contributed by atoms with van der Waals surface area (Å²) in [6.45, 7) is 1.74. The van der Waals surface area contributed by atoms with Gasteiger partial charge in [0.05, 0.1) is 0 Å². The van der Waals surface area contributed by atoms with Crippen molar-refractivity contribution in [3.8, 4) is 0 Å². The summed E-state index contributed by atoms with van der Waals surface area (Å²) in [7, 11) is 0. The van der Waals surface area contributed by atoms with Crippen molar-refractivity contribution in [3.05, 3.63) is 40.3 Å². The molecular weight excluding hydrogens is 298 g/mol. The molecule has 2 aromatic rings. The fourth-order valence-corrected chi connectivity index (χ4v) is 1.57. The molecule has 0 aromatic carbocycles. The van der Waals surface area contributed by atoms with Crippen LogP contribution in [-0.4, -0.2) is 20.9 Å². The van der Waals surface area contributed by atoms with E-state index in [0.29, 0.717) is 11.5 Å². The fraction of sp³-hybridized carbons (Fsp3) is 0.0909. The summed E-state index contributed by atoms with van der Waals surface area (Å²) in [5.41, 5.74) is 6.33. The number of nitrogens with zero attached hydrogens (tertiary/aromatic N) is 3. The van der Waals surface area contributed by atoms with E-state index in [1.807, 2.05) is 0 Å². The quantitative estimate of drug-likeness (QED) is 0.882. The van der Waals surface area contributed by atoms with Gasteiger partial charge in [0, 0.05) is 16.4 Å². The Morgan fingerprint density at radius 3 is 2.78 bits per heavy atom. The van der Waals surface area contributed by atoms with Gasteiger partial charge in [0.2, 0.25) is 5.95 Å². The van der Waals surface area contributed by atoms with E-state index < -0.39 is 0 Å². The Morgan fingerprint density at radius 2 is 2.17 bits per heavy atom. The van der Waals surface area contributed by atoms with Gasteiger partial charge in [-0.05, 0) is 41.1 Å². The first-order chi connectivity index (χ1) is 8.54. The van der Waals surface area contributed by atoms with Crippen LogP contribution in [0, 0.1) is 6.92 Å². The van der Waals surface area contributed by atoms with E-state index in [4.69, 9.17) is 5.73 Å². The summed E-state index contributed by atoms with van der Waals surface area (Å²) >= 11 is 3.26. The number of carbonyl (C=O) groups is 1. The van der Waals surface area contributed by atoms with Crippen LogP contribution in [0.15, 0.2) is 28.9 Å². The molecule has 0 aliphatic heterocycles. The maximum Gasteiger partial charge on any atom is 0.275 e. The Labute approximate surface area is 112 Å². The topological polar surface area (TPSA) is 93.8 Å². The molecule has 0 saturated carbocycles. The van der Waals surface area contributed by atoms with Gasteiger partial charge in [0.15, 0.2) is 0 Å². The van der Waals surface area contributed by atoms with Gasteiger partial charge < -0.3 is 11.1 Å². The van der Waals surface area contributed by atoms with Gasteiger partial charge in [-0.2, -0.15) is 0 Å². The molecule has 0 unspecified atom stereocenters. The number of hydrogen-bond donors (Lipinski definition) is 2. The minimum Gasteiger partial charge on any atom is -0.368 e. The largest absolute Gasteiger partial charge is 0.368 e. The summed E-state index contributed by atoms with van der Waals surface area (Å²) in [5.74, 6) is 0.143. The molecule has 2 rings (SSSR count). The van der Waals surface area contributed by atoms with Crippen LogP contribution >= 0.6 is 15.9 Å². The fourth-order valence-electron chi connectivity index (χ4n) is 1.34. The predicted octanol–water partition coefficient (Wildman–Crippen LogP) is 1.78. The number of rotatable bonds is 2. The van der Waals surface area contributed by atoms with Crippen molar-refractivity contribution < 1.29 is 4.79 Å². The van der Waals surface area contributed by atoms with E-state index in [1.165, 1.54) is 0 Å². The van der Waals surface area contributed by atoms with Crippen molar-refractivity contribution in [3.63, 3.8) is 0 Å². The number of carbonyl (C=O) groups excluding carboxylic acids is 1. The summed E-state index contributed by atoms with van der Waals surface area (Å²) < 4.78 is 0.836. The zero-order chi connectivity index (χ0) is 13.1. The smallest absolute Gasteiger partial charge is 0.275 e. The molecule has 0 atom stereocenters. The Hall–Kier alpha value is -2.02. The molecule has 0 spiro atoms. The van der Waals surface area contributed by atoms with Crippen LogP contribution in [0.25, 0.3) is 0 Å². The molecule has 18 heavy (non-hydrogen) atoms. The molecule has 2 heterocycles. The number of amides is 1. The van der Waals surface area contributed by atoms with Crippen molar-refractivity contribution >= 4 is 33.6 Å². The monoisotopic (exact) mass is 307 g/mol. The van der Waals surface area contributed by atoms with Crippen LogP contribution < -0.4 is 11.1 Å². The molecule has 0 aliphatic rings. The molecule has 0 aliphatic carbocycles. The highest BCUT2D eigenvalue weighted by Crippen LogP contribution is 2.11. The van der Waals surface area contributed by atoms with E-state index in [9.17, 15) is 4.79 Å². The van der Waals surface area contributed by atoms with Gasteiger partial charge >= 0.3 is 0 Å². The molecular formula is C11H10BrN5O. The van der Waals surface area contributed by atoms with Crippen LogP contribution in [0.2, 0.25) is 0 Å². The average molecular weight is 308 g/mol. The van der Waals surface area contributed by atoms with E-state index in [-0.39, 0.29) is 17.5 Å². The van der Waals surface area contributed by atoms with Gasteiger partial charge in [0.1, 0.15) is 11.5 Å². The second-order valence-electron chi connectivity index (χ2n) is 3.57. The SMILES string of the molecule is Cc1cc(C(=O)Nc2ccc(Br)cn2)nc(N)n1. The summed E-state index contributed by atoms with van der Waals surface area (Å²) in [6, 6.07) is 5.02. The average Bonchev–Trinajstić information content (AvgIpc) is 2.31. The number of halogens is 1. The van der Waals surface area contributed by atoms with Crippen LogP contribution in [0.5, 0.6) is 0 Å². The molecule has 2 aromatic heterocycles. The first-order valence-corrected chi connectivity index (χ1v) is 5.88.